The molecule has 4 bridgehead atoms. The zero-order chi connectivity index (χ0) is 17.1. The normalized spacial score (nSPS) is 41.4. The van der Waals surface area contributed by atoms with Crippen LogP contribution in [0.25, 0.3) is 0 Å². The Bertz CT molecular complexity index is 662. The second-order valence-corrected chi connectivity index (χ2v) is 9.55. The van der Waals surface area contributed by atoms with Crippen LogP contribution in [0.3, 0.4) is 0 Å². The minimum Gasteiger partial charge on any atom is -0.388 e. The fraction of sp³-hybridized carbons (Fsp3) is 0.682. The Morgan fingerprint density at radius 2 is 1.64 bits per heavy atom. The summed E-state index contributed by atoms with van der Waals surface area (Å²) in [5, 5.41) is 14.2. The van der Waals surface area contributed by atoms with Crippen molar-refractivity contribution in [2.45, 2.75) is 63.4 Å². The summed E-state index contributed by atoms with van der Waals surface area (Å²) in [6, 6.07) is 8.37. The van der Waals surface area contributed by atoms with E-state index in [4.69, 9.17) is 0 Å². The fourth-order valence-corrected chi connectivity index (χ4v) is 6.76. The van der Waals surface area contributed by atoms with Gasteiger partial charge in [0.25, 0.3) is 0 Å². The van der Waals surface area contributed by atoms with Crippen molar-refractivity contribution in [3.8, 4) is 0 Å². The summed E-state index contributed by atoms with van der Waals surface area (Å²) in [5.74, 6) is 2.57. The number of fused-ring (bicyclic) bond motifs is 1. The first-order valence-electron chi connectivity index (χ1n) is 10.1. The van der Waals surface area contributed by atoms with E-state index in [1.54, 1.807) is 0 Å². The van der Waals surface area contributed by atoms with Gasteiger partial charge in [0, 0.05) is 18.4 Å². The summed E-state index contributed by atoms with van der Waals surface area (Å²) in [4.78, 5) is 13.1. The molecule has 0 aliphatic heterocycles. The summed E-state index contributed by atoms with van der Waals surface area (Å²) in [6.07, 6.45) is 9.63. The van der Waals surface area contributed by atoms with E-state index in [9.17, 15) is 9.90 Å². The summed E-state index contributed by atoms with van der Waals surface area (Å²) < 4.78 is 0. The van der Waals surface area contributed by atoms with Gasteiger partial charge in [0.1, 0.15) is 0 Å². The molecule has 6 rings (SSSR count). The van der Waals surface area contributed by atoms with Crippen LogP contribution in [0.5, 0.6) is 0 Å². The first-order chi connectivity index (χ1) is 12.0. The van der Waals surface area contributed by atoms with Crippen molar-refractivity contribution in [1.82, 2.24) is 5.32 Å². The van der Waals surface area contributed by atoms with Crippen LogP contribution in [0.2, 0.25) is 0 Å². The zero-order valence-electron chi connectivity index (χ0n) is 15.0. The highest BCUT2D eigenvalue weighted by molar-refractivity contribution is 5.83. The van der Waals surface area contributed by atoms with Crippen molar-refractivity contribution in [3.63, 3.8) is 0 Å². The molecule has 2 N–H and O–H groups in total. The van der Waals surface area contributed by atoms with Gasteiger partial charge in [-0.3, -0.25) is 4.79 Å². The molecule has 0 unspecified atom stereocenters. The van der Waals surface area contributed by atoms with Gasteiger partial charge in [0.05, 0.1) is 5.60 Å². The van der Waals surface area contributed by atoms with E-state index >= 15 is 0 Å². The minimum absolute atomic E-state index is 0.113. The highest BCUT2D eigenvalue weighted by Gasteiger charge is 2.54. The maximum atomic E-state index is 13.1. The maximum absolute atomic E-state index is 13.1. The van der Waals surface area contributed by atoms with Crippen LogP contribution < -0.4 is 5.32 Å². The highest BCUT2D eigenvalue weighted by atomic mass is 16.3. The van der Waals surface area contributed by atoms with Crippen molar-refractivity contribution in [2.75, 3.05) is 6.54 Å². The van der Waals surface area contributed by atoms with Crippen molar-refractivity contribution in [2.24, 2.45) is 23.2 Å². The van der Waals surface area contributed by atoms with Crippen LogP contribution in [-0.4, -0.2) is 23.2 Å². The fourth-order valence-electron chi connectivity index (χ4n) is 6.76. The number of hydrogen-bond acceptors (Lipinski definition) is 2. The van der Waals surface area contributed by atoms with Gasteiger partial charge < -0.3 is 10.4 Å². The highest BCUT2D eigenvalue weighted by Crippen LogP contribution is 2.60. The molecule has 0 aromatic heterocycles. The molecule has 4 fully saturated rings. The predicted octanol–water partition coefficient (Wildman–Crippen LogP) is 3.24. The Hall–Kier alpha value is -1.35. The first kappa shape index (κ1) is 15.9. The molecule has 0 spiro atoms. The monoisotopic (exact) mass is 339 g/mol. The molecule has 5 aliphatic rings. The molecule has 0 radical (unpaired) electrons. The molecule has 1 amide bonds. The molecule has 4 saturated carbocycles. The number of hydrogen-bond donors (Lipinski definition) is 2. The minimum atomic E-state index is -0.785. The lowest BCUT2D eigenvalue weighted by atomic mass is 9.49. The third-order valence-electron chi connectivity index (χ3n) is 7.60. The lowest BCUT2D eigenvalue weighted by Crippen LogP contribution is -2.56. The largest absolute Gasteiger partial charge is 0.388 e. The third-order valence-corrected chi connectivity index (χ3v) is 7.60. The molecule has 134 valence electrons. The summed E-state index contributed by atoms with van der Waals surface area (Å²) >= 11 is 0. The smallest absolute Gasteiger partial charge is 0.226 e. The van der Waals surface area contributed by atoms with Gasteiger partial charge in [-0.2, -0.15) is 0 Å². The molecule has 1 aromatic rings. The molecule has 1 atom stereocenters. The predicted molar refractivity (Wildman–Crippen MR) is 97.0 cm³/mol. The van der Waals surface area contributed by atoms with Crippen LogP contribution in [0.1, 0.15) is 56.1 Å². The number of aryl methyl sites for hydroxylation is 1. The average Bonchev–Trinajstić information content (AvgIpc) is 2.58. The molecule has 1 aromatic carbocycles. The molecular formula is C22H29NO2. The van der Waals surface area contributed by atoms with Gasteiger partial charge in [-0.1, -0.05) is 24.3 Å². The van der Waals surface area contributed by atoms with Gasteiger partial charge in [0.2, 0.25) is 5.91 Å². The summed E-state index contributed by atoms with van der Waals surface area (Å²) in [7, 11) is 0. The van der Waals surface area contributed by atoms with Crippen molar-refractivity contribution in [3.05, 3.63) is 35.4 Å². The van der Waals surface area contributed by atoms with Gasteiger partial charge in [-0.15, -0.1) is 0 Å². The second-order valence-electron chi connectivity index (χ2n) is 9.55. The van der Waals surface area contributed by atoms with Crippen molar-refractivity contribution >= 4 is 5.91 Å². The molecule has 3 nitrogen and oxygen atoms in total. The summed E-state index contributed by atoms with van der Waals surface area (Å²) in [6.45, 7) is 0.405. The lowest BCUT2D eigenvalue weighted by Gasteiger charge is -2.55. The zero-order valence-corrected chi connectivity index (χ0v) is 15.0. The maximum Gasteiger partial charge on any atom is 0.226 e. The number of rotatable bonds is 3. The summed E-state index contributed by atoms with van der Waals surface area (Å²) in [5.41, 5.74) is 1.68. The van der Waals surface area contributed by atoms with Crippen LogP contribution >= 0.6 is 0 Å². The van der Waals surface area contributed by atoms with E-state index < -0.39 is 5.60 Å². The number of carbonyl (C=O) groups excluding carboxylic acids is 1. The van der Waals surface area contributed by atoms with Gasteiger partial charge in [0.15, 0.2) is 0 Å². The Morgan fingerprint density at radius 1 is 1.04 bits per heavy atom. The SMILES string of the molecule is O=C(NC[C@]1(O)CCc2ccccc2C1)C12CC3CC(CC(C3)C1)C2. The quantitative estimate of drug-likeness (QED) is 0.888. The lowest BCUT2D eigenvalue weighted by molar-refractivity contribution is -0.147. The number of nitrogens with one attached hydrogen (secondary N) is 1. The Labute approximate surface area is 150 Å². The first-order valence-corrected chi connectivity index (χ1v) is 10.1. The number of carbonyl (C=O) groups is 1. The molecular weight excluding hydrogens is 310 g/mol. The number of aliphatic hydroxyl groups is 1. The Balaban J connectivity index is 1.27. The third kappa shape index (κ3) is 2.71. The molecule has 25 heavy (non-hydrogen) atoms. The van der Waals surface area contributed by atoms with Crippen LogP contribution in [0.15, 0.2) is 24.3 Å². The number of amides is 1. The molecule has 3 heteroatoms. The van der Waals surface area contributed by atoms with Gasteiger partial charge in [-0.25, -0.2) is 0 Å². The second kappa shape index (κ2) is 5.57. The number of benzene rings is 1. The van der Waals surface area contributed by atoms with Crippen LogP contribution in [-0.2, 0) is 17.6 Å². The Morgan fingerprint density at radius 3 is 2.28 bits per heavy atom. The van der Waals surface area contributed by atoms with Crippen molar-refractivity contribution < 1.29 is 9.90 Å². The van der Waals surface area contributed by atoms with E-state index in [1.807, 2.05) is 6.07 Å². The molecule has 0 heterocycles. The van der Waals surface area contributed by atoms with E-state index in [-0.39, 0.29) is 11.3 Å². The molecule has 0 saturated heterocycles. The van der Waals surface area contributed by atoms with E-state index in [0.717, 1.165) is 49.9 Å². The molecule has 5 aliphatic carbocycles. The topological polar surface area (TPSA) is 49.3 Å². The van der Waals surface area contributed by atoms with Gasteiger partial charge >= 0.3 is 0 Å². The average molecular weight is 339 g/mol. The van der Waals surface area contributed by atoms with Crippen LogP contribution in [0.4, 0.5) is 0 Å². The standard InChI is InChI=1S/C22H29NO2/c24-20(21-10-15-7-16(11-21)9-17(8-15)12-21)23-14-22(25)6-5-18-3-1-2-4-19(18)13-22/h1-4,15-17,25H,5-14H2,(H,23,24)/t15?,16?,17?,21?,22-/m0/s1. The Kier molecular flexibility index (Phi) is 3.54. The van der Waals surface area contributed by atoms with Crippen LogP contribution in [0, 0.1) is 23.2 Å². The van der Waals surface area contributed by atoms with Gasteiger partial charge in [-0.05, 0) is 80.2 Å². The van der Waals surface area contributed by atoms with E-state index in [1.165, 1.54) is 30.4 Å². The van der Waals surface area contributed by atoms with Crippen molar-refractivity contribution in [1.29, 1.82) is 0 Å². The van der Waals surface area contributed by atoms with E-state index in [0.29, 0.717) is 13.0 Å². The van der Waals surface area contributed by atoms with E-state index in [2.05, 4.69) is 23.5 Å².